The Hall–Kier alpha value is -2.00. The van der Waals surface area contributed by atoms with Gasteiger partial charge in [0.25, 0.3) is 5.91 Å². The van der Waals surface area contributed by atoms with Crippen LogP contribution in [0.1, 0.15) is 15.9 Å². The van der Waals surface area contributed by atoms with Crippen LogP contribution in [-0.4, -0.2) is 46.9 Å². The van der Waals surface area contributed by atoms with Gasteiger partial charge in [-0.05, 0) is 42.0 Å². The third kappa shape index (κ3) is 4.52. The van der Waals surface area contributed by atoms with Crippen LogP contribution in [0.25, 0.3) is 5.69 Å². The summed E-state index contributed by atoms with van der Waals surface area (Å²) in [7, 11) is 0. The van der Waals surface area contributed by atoms with Gasteiger partial charge in [-0.25, -0.2) is 4.68 Å². The van der Waals surface area contributed by atoms with Gasteiger partial charge in [0.2, 0.25) is 0 Å². The topological polar surface area (TPSA) is 47.4 Å². The number of hydrogen-bond acceptors (Lipinski definition) is 6. The molecule has 1 fully saturated rings. The molecule has 8 heteroatoms. The van der Waals surface area contributed by atoms with E-state index in [1.54, 1.807) is 16.4 Å². The number of carbonyl (C=O) groups excluding carboxylic acids is 1. The fourth-order valence-electron chi connectivity index (χ4n) is 2.90. The predicted molar refractivity (Wildman–Crippen MR) is 115 cm³/mol. The second kappa shape index (κ2) is 9.00. The van der Waals surface area contributed by atoms with E-state index in [0.29, 0.717) is 35.8 Å². The standard InChI is InChI=1S/C20H19N3O2S3/c24-18(22-10-12-25-13-11-22)16-6-8-17(9-7-16)23-20(26)28-19(21-23)27-14-15-4-2-1-3-5-15/h1-9H,10-14H2. The van der Waals surface area contributed by atoms with E-state index in [1.165, 1.54) is 16.9 Å². The molecule has 3 aromatic rings. The van der Waals surface area contributed by atoms with Crippen molar-refractivity contribution >= 4 is 41.2 Å². The van der Waals surface area contributed by atoms with Gasteiger partial charge in [0.1, 0.15) is 0 Å². The average Bonchev–Trinajstić information content (AvgIpc) is 3.14. The Bertz CT molecular complexity index is 994. The first-order valence-electron chi connectivity index (χ1n) is 8.95. The molecule has 28 heavy (non-hydrogen) atoms. The van der Waals surface area contributed by atoms with Crippen molar-refractivity contribution in [2.24, 2.45) is 0 Å². The zero-order chi connectivity index (χ0) is 19.3. The summed E-state index contributed by atoms with van der Waals surface area (Å²) < 4.78 is 8.70. The fourth-order valence-corrected chi connectivity index (χ4v) is 5.21. The van der Waals surface area contributed by atoms with Gasteiger partial charge in [0.15, 0.2) is 8.29 Å². The van der Waals surface area contributed by atoms with Gasteiger partial charge in [0.05, 0.1) is 18.9 Å². The Kier molecular flexibility index (Phi) is 6.21. The quantitative estimate of drug-likeness (QED) is 0.444. The molecule has 0 bridgehead atoms. The molecule has 1 aromatic heterocycles. The lowest BCUT2D eigenvalue weighted by atomic mass is 10.1. The van der Waals surface area contributed by atoms with Crippen LogP contribution in [0.4, 0.5) is 0 Å². The Balaban J connectivity index is 1.46. The van der Waals surface area contributed by atoms with Gasteiger partial charge in [-0.2, -0.15) is 0 Å². The van der Waals surface area contributed by atoms with Crippen molar-refractivity contribution in [3.63, 3.8) is 0 Å². The molecular formula is C20H19N3O2S3. The molecule has 1 saturated heterocycles. The number of hydrogen-bond donors (Lipinski definition) is 0. The maximum Gasteiger partial charge on any atom is 0.254 e. The fraction of sp³-hybridized carbons (Fsp3) is 0.250. The molecule has 2 heterocycles. The highest BCUT2D eigenvalue weighted by molar-refractivity contribution is 8.00. The Morgan fingerprint density at radius 3 is 2.54 bits per heavy atom. The number of nitrogens with zero attached hydrogens (tertiary/aromatic N) is 3. The summed E-state index contributed by atoms with van der Waals surface area (Å²) in [6.07, 6.45) is 0. The van der Waals surface area contributed by atoms with E-state index in [0.717, 1.165) is 15.8 Å². The molecule has 0 saturated carbocycles. The number of ether oxygens (including phenoxy) is 1. The van der Waals surface area contributed by atoms with E-state index in [2.05, 4.69) is 17.2 Å². The highest BCUT2D eigenvalue weighted by Gasteiger charge is 2.18. The Morgan fingerprint density at radius 2 is 1.82 bits per heavy atom. The predicted octanol–water partition coefficient (Wildman–Crippen LogP) is 4.43. The molecule has 0 unspecified atom stereocenters. The first-order valence-corrected chi connectivity index (χ1v) is 11.2. The third-order valence-corrected chi connectivity index (χ3v) is 6.83. The van der Waals surface area contributed by atoms with Gasteiger partial charge in [0, 0.05) is 24.4 Å². The van der Waals surface area contributed by atoms with Crippen molar-refractivity contribution in [1.29, 1.82) is 0 Å². The van der Waals surface area contributed by atoms with E-state index in [9.17, 15) is 4.79 Å². The molecule has 0 N–H and O–H groups in total. The lowest BCUT2D eigenvalue weighted by Crippen LogP contribution is -2.40. The molecule has 0 atom stereocenters. The molecule has 1 aliphatic rings. The van der Waals surface area contributed by atoms with Crippen molar-refractivity contribution < 1.29 is 9.53 Å². The summed E-state index contributed by atoms with van der Waals surface area (Å²) in [6, 6.07) is 17.8. The normalized spacial score (nSPS) is 14.2. The highest BCUT2D eigenvalue weighted by atomic mass is 32.2. The number of morpholine rings is 1. The maximum absolute atomic E-state index is 12.6. The molecule has 5 nitrogen and oxygen atoms in total. The van der Waals surface area contributed by atoms with Crippen molar-refractivity contribution in [2.45, 2.75) is 10.1 Å². The zero-order valence-electron chi connectivity index (χ0n) is 15.1. The molecule has 2 aromatic carbocycles. The first-order chi connectivity index (χ1) is 13.7. The smallest absolute Gasteiger partial charge is 0.254 e. The van der Waals surface area contributed by atoms with Crippen LogP contribution in [-0.2, 0) is 10.5 Å². The number of thioether (sulfide) groups is 1. The molecule has 4 rings (SSSR count). The number of amides is 1. The molecule has 144 valence electrons. The summed E-state index contributed by atoms with van der Waals surface area (Å²) >= 11 is 8.67. The van der Waals surface area contributed by atoms with Gasteiger partial charge < -0.3 is 9.64 Å². The summed E-state index contributed by atoms with van der Waals surface area (Å²) in [5, 5.41) is 4.64. The molecule has 0 radical (unpaired) electrons. The van der Waals surface area contributed by atoms with Crippen molar-refractivity contribution in [2.75, 3.05) is 26.3 Å². The van der Waals surface area contributed by atoms with Crippen LogP contribution in [0.15, 0.2) is 58.9 Å². The van der Waals surface area contributed by atoms with Crippen LogP contribution in [0.2, 0.25) is 0 Å². The maximum atomic E-state index is 12.6. The van der Waals surface area contributed by atoms with Gasteiger partial charge in [-0.1, -0.05) is 53.4 Å². The molecule has 1 aliphatic heterocycles. The highest BCUT2D eigenvalue weighted by Crippen LogP contribution is 2.27. The van der Waals surface area contributed by atoms with Crippen LogP contribution in [0.5, 0.6) is 0 Å². The van der Waals surface area contributed by atoms with Crippen molar-refractivity contribution in [3.05, 3.63) is 69.7 Å². The number of carbonyl (C=O) groups is 1. The van der Waals surface area contributed by atoms with Crippen LogP contribution < -0.4 is 0 Å². The summed E-state index contributed by atoms with van der Waals surface area (Å²) in [4.78, 5) is 14.4. The molecule has 0 aliphatic carbocycles. The lowest BCUT2D eigenvalue weighted by Gasteiger charge is -2.26. The number of aromatic nitrogens is 2. The minimum atomic E-state index is 0.0378. The largest absolute Gasteiger partial charge is 0.378 e. The SMILES string of the molecule is O=C(c1ccc(-n2nc(SCc3ccccc3)sc2=S)cc1)N1CCOCC1. The minimum absolute atomic E-state index is 0.0378. The van der Waals surface area contributed by atoms with Crippen LogP contribution in [0.3, 0.4) is 0 Å². The third-order valence-electron chi connectivity index (χ3n) is 4.39. The Morgan fingerprint density at radius 1 is 1.11 bits per heavy atom. The van der Waals surface area contributed by atoms with Crippen LogP contribution in [0, 0.1) is 3.95 Å². The van der Waals surface area contributed by atoms with E-state index in [4.69, 9.17) is 17.0 Å². The second-order valence-electron chi connectivity index (χ2n) is 6.27. The number of rotatable bonds is 5. The van der Waals surface area contributed by atoms with Crippen molar-refractivity contribution in [3.8, 4) is 5.69 Å². The van der Waals surface area contributed by atoms with E-state index >= 15 is 0 Å². The molecular weight excluding hydrogens is 410 g/mol. The van der Waals surface area contributed by atoms with Gasteiger partial charge in [-0.15, -0.1) is 5.10 Å². The van der Waals surface area contributed by atoms with Crippen LogP contribution >= 0.6 is 35.3 Å². The summed E-state index contributed by atoms with van der Waals surface area (Å²) in [6.45, 7) is 2.47. The minimum Gasteiger partial charge on any atom is -0.378 e. The molecule has 1 amide bonds. The zero-order valence-corrected chi connectivity index (χ0v) is 17.6. The average molecular weight is 430 g/mol. The van der Waals surface area contributed by atoms with Gasteiger partial charge >= 0.3 is 0 Å². The van der Waals surface area contributed by atoms with Crippen molar-refractivity contribution in [1.82, 2.24) is 14.7 Å². The first kappa shape index (κ1) is 19.3. The number of benzene rings is 2. The van der Waals surface area contributed by atoms with E-state index in [1.807, 2.05) is 47.4 Å². The summed E-state index contributed by atoms with van der Waals surface area (Å²) in [5.41, 5.74) is 2.79. The van der Waals surface area contributed by atoms with E-state index < -0.39 is 0 Å². The monoisotopic (exact) mass is 429 g/mol. The Labute approximate surface area is 177 Å². The lowest BCUT2D eigenvalue weighted by molar-refractivity contribution is 0.0303. The van der Waals surface area contributed by atoms with Gasteiger partial charge in [-0.3, -0.25) is 4.79 Å². The molecule has 0 spiro atoms. The van der Waals surface area contributed by atoms with E-state index in [-0.39, 0.29) is 5.91 Å². The second-order valence-corrected chi connectivity index (χ2v) is 9.12. The summed E-state index contributed by atoms with van der Waals surface area (Å²) in [5.74, 6) is 0.895.